The van der Waals surface area contributed by atoms with Crippen molar-refractivity contribution >= 4 is 12.0 Å². The first-order valence-electron chi connectivity index (χ1n) is 11.6. The van der Waals surface area contributed by atoms with Gasteiger partial charge in [0, 0.05) is 32.5 Å². The molecule has 0 saturated carbocycles. The topological polar surface area (TPSA) is 67.9 Å². The second-order valence-corrected chi connectivity index (χ2v) is 8.64. The molecule has 0 radical (unpaired) electrons. The summed E-state index contributed by atoms with van der Waals surface area (Å²) in [6, 6.07) is 23.1. The van der Waals surface area contributed by atoms with Crippen LogP contribution in [-0.2, 0) is 28.1 Å². The minimum absolute atomic E-state index is 0.0257. The quantitative estimate of drug-likeness (QED) is 0.531. The Morgan fingerprint density at radius 2 is 1.54 bits per heavy atom. The summed E-state index contributed by atoms with van der Waals surface area (Å²) in [4.78, 5) is 27.4. The van der Waals surface area contributed by atoms with Gasteiger partial charge in [-0.3, -0.25) is 4.79 Å². The van der Waals surface area contributed by atoms with Gasteiger partial charge in [-0.05, 0) is 41.0 Å². The fourth-order valence-corrected chi connectivity index (χ4v) is 4.33. The molecular formula is C28H29FN2O4. The van der Waals surface area contributed by atoms with Gasteiger partial charge in [-0.15, -0.1) is 0 Å². The third-order valence-corrected chi connectivity index (χ3v) is 6.38. The lowest BCUT2D eigenvalue weighted by atomic mass is 9.84. The monoisotopic (exact) mass is 476 g/mol. The van der Waals surface area contributed by atoms with Gasteiger partial charge in [0.2, 0.25) is 5.91 Å². The molecule has 1 saturated heterocycles. The molecule has 3 aromatic carbocycles. The number of hydrogen-bond acceptors (Lipinski definition) is 4. The maximum Gasteiger partial charge on any atom is 0.408 e. The first-order chi connectivity index (χ1) is 17.0. The van der Waals surface area contributed by atoms with Crippen LogP contribution in [0.1, 0.15) is 29.5 Å². The van der Waals surface area contributed by atoms with Gasteiger partial charge in [0.15, 0.2) is 0 Å². The van der Waals surface area contributed by atoms with E-state index in [-0.39, 0.29) is 18.1 Å². The molecule has 182 valence electrons. The molecule has 4 rings (SSSR count). The molecule has 1 aliphatic heterocycles. The summed E-state index contributed by atoms with van der Waals surface area (Å²) in [5, 5.41) is 2.84. The van der Waals surface area contributed by atoms with Crippen LogP contribution in [0.2, 0.25) is 0 Å². The summed E-state index contributed by atoms with van der Waals surface area (Å²) in [5.74, 6) is 0.400. The van der Waals surface area contributed by atoms with Gasteiger partial charge in [-0.25, -0.2) is 9.18 Å². The highest BCUT2D eigenvalue weighted by molar-refractivity contribution is 5.79. The Morgan fingerprint density at radius 1 is 0.914 bits per heavy atom. The average molecular weight is 477 g/mol. The van der Waals surface area contributed by atoms with Crippen LogP contribution in [0.15, 0.2) is 78.9 Å². The van der Waals surface area contributed by atoms with E-state index in [2.05, 4.69) is 5.32 Å². The number of nitrogens with zero attached hydrogens (tertiary/aromatic N) is 1. The Hall–Kier alpha value is -3.87. The molecule has 0 unspecified atom stereocenters. The Bertz CT molecular complexity index is 1130. The first kappa shape index (κ1) is 24.3. The number of halogens is 1. The van der Waals surface area contributed by atoms with Gasteiger partial charge < -0.3 is 19.7 Å². The molecule has 1 heterocycles. The molecule has 1 fully saturated rings. The van der Waals surface area contributed by atoms with Crippen LogP contribution < -0.4 is 10.1 Å². The molecule has 0 aromatic heterocycles. The SMILES string of the molecule is COc1ccc(CNC(=O)OC2(c3ccccc3)CCN(C(=O)Cc3ccc(F)cc3)CC2)cc1. The van der Waals surface area contributed by atoms with Gasteiger partial charge in [0.1, 0.15) is 17.2 Å². The lowest BCUT2D eigenvalue weighted by Gasteiger charge is -2.41. The van der Waals surface area contributed by atoms with Gasteiger partial charge in [-0.2, -0.15) is 0 Å². The predicted molar refractivity (Wildman–Crippen MR) is 130 cm³/mol. The standard InChI is InChI=1S/C28H29FN2O4/c1-34-25-13-9-22(10-14-25)20-30-27(33)35-28(23-5-3-2-4-6-23)15-17-31(18-16-28)26(32)19-21-7-11-24(29)12-8-21/h2-14H,15-20H2,1H3,(H,30,33). The van der Waals surface area contributed by atoms with Crippen molar-refractivity contribution in [2.24, 2.45) is 0 Å². The molecule has 0 atom stereocenters. The van der Waals surface area contributed by atoms with Crippen molar-refractivity contribution in [3.8, 4) is 5.75 Å². The maximum atomic E-state index is 13.2. The highest BCUT2D eigenvalue weighted by atomic mass is 19.1. The molecule has 6 nitrogen and oxygen atoms in total. The van der Waals surface area contributed by atoms with Crippen molar-refractivity contribution in [2.45, 2.75) is 31.4 Å². The van der Waals surface area contributed by atoms with Crippen molar-refractivity contribution in [1.82, 2.24) is 10.2 Å². The largest absolute Gasteiger partial charge is 0.497 e. The zero-order chi connectivity index (χ0) is 24.7. The molecule has 0 bridgehead atoms. The minimum atomic E-state index is -0.822. The molecule has 1 aliphatic rings. The number of ether oxygens (including phenoxy) is 2. The van der Waals surface area contributed by atoms with E-state index in [1.165, 1.54) is 12.1 Å². The van der Waals surface area contributed by atoms with Gasteiger partial charge in [-0.1, -0.05) is 54.6 Å². The van der Waals surface area contributed by atoms with E-state index in [1.807, 2.05) is 54.6 Å². The highest BCUT2D eigenvalue weighted by Crippen LogP contribution is 2.37. The smallest absolute Gasteiger partial charge is 0.408 e. The van der Waals surface area contributed by atoms with E-state index in [1.54, 1.807) is 24.1 Å². The number of alkyl carbamates (subject to hydrolysis) is 1. The lowest BCUT2D eigenvalue weighted by Crippen LogP contribution is -2.48. The van der Waals surface area contributed by atoms with Crippen LogP contribution in [0, 0.1) is 5.82 Å². The number of benzene rings is 3. The Morgan fingerprint density at radius 3 is 2.17 bits per heavy atom. The first-order valence-corrected chi connectivity index (χ1v) is 11.6. The van der Waals surface area contributed by atoms with Gasteiger partial charge >= 0.3 is 6.09 Å². The van der Waals surface area contributed by atoms with Crippen LogP contribution >= 0.6 is 0 Å². The molecule has 0 aliphatic carbocycles. The van der Waals surface area contributed by atoms with Crippen LogP contribution in [0.3, 0.4) is 0 Å². The Labute approximate surface area is 204 Å². The highest BCUT2D eigenvalue weighted by Gasteiger charge is 2.41. The molecule has 2 amide bonds. The lowest BCUT2D eigenvalue weighted by molar-refractivity contribution is -0.135. The van der Waals surface area contributed by atoms with Crippen molar-refractivity contribution in [3.05, 3.63) is 101 Å². The van der Waals surface area contributed by atoms with Gasteiger partial charge in [0.05, 0.1) is 13.5 Å². The number of methoxy groups -OCH3 is 1. The van der Waals surface area contributed by atoms with E-state index >= 15 is 0 Å². The number of rotatable bonds is 7. The zero-order valence-corrected chi connectivity index (χ0v) is 19.7. The summed E-state index contributed by atoms with van der Waals surface area (Å²) < 4.78 is 24.4. The third kappa shape index (κ3) is 6.18. The van der Waals surface area contributed by atoms with Crippen LogP contribution in [-0.4, -0.2) is 37.1 Å². The number of nitrogens with one attached hydrogen (secondary N) is 1. The van der Waals surface area contributed by atoms with E-state index in [0.717, 1.165) is 22.4 Å². The Balaban J connectivity index is 1.39. The molecule has 1 N–H and O–H groups in total. The number of carbonyl (C=O) groups excluding carboxylic acids is 2. The molecule has 0 spiro atoms. The van der Waals surface area contributed by atoms with E-state index in [4.69, 9.17) is 9.47 Å². The maximum absolute atomic E-state index is 13.2. The van der Waals surface area contributed by atoms with E-state index < -0.39 is 11.7 Å². The van der Waals surface area contributed by atoms with Crippen molar-refractivity contribution in [2.75, 3.05) is 20.2 Å². The van der Waals surface area contributed by atoms with Crippen LogP contribution in [0.5, 0.6) is 5.75 Å². The number of piperidine rings is 1. The number of hydrogen-bond donors (Lipinski definition) is 1. The predicted octanol–water partition coefficient (Wildman–Crippen LogP) is 4.82. The second kappa shape index (κ2) is 11.0. The van der Waals surface area contributed by atoms with Crippen LogP contribution in [0.4, 0.5) is 9.18 Å². The molecule has 3 aromatic rings. The average Bonchev–Trinajstić information content (AvgIpc) is 2.90. The minimum Gasteiger partial charge on any atom is -0.497 e. The number of amides is 2. The van der Waals surface area contributed by atoms with E-state index in [9.17, 15) is 14.0 Å². The molecule has 7 heteroatoms. The summed E-state index contributed by atoms with van der Waals surface area (Å²) in [6.07, 6.45) is 0.683. The number of carbonyl (C=O) groups is 2. The number of likely N-dealkylation sites (tertiary alicyclic amines) is 1. The molecular weight excluding hydrogens is 447 g/mol. The van der Waals surface area contributed by atoms with Crippen molar-refractivity contribution < 1.29 is 23.5 Å². The van der Waals surface area contributed by atoms with Crippen molar-refractivity contribution in [3.63, 3.8) is 0 Å². The summed E-state index contributed by atoms with van der Waals surface area (Å²) in [7, 11) is 1.61. The fraction of sp³-hybridized carbons (Fsp3) is 0.286. The zero-order valence-electron chi connectivity index (χ0n) is 19.7. The second-order valence-electron chi connectivity index (χ2n) is 8.64. The summed E-state index contributed by atoms with van der Waals surface area (Å²) >= 11 is 0. The Kier molecular flexibility index (Phi) is 7.65. The van der Waals surface area contributed by atoms with E-state index in [0.29, 0.717) is 32.5 Å². The molecule has 35 heavy (non-hydrogen) atoms. The normalized spacial score (nSPS) is 14.7. The third-order valence-electron chi connectivity index (χ3n) is 6.38. The summed E-state index contributed by atoms with van der Waals surface area (Å²) in [5.41, 5.74) is 1.78. The van der Waals surface area contributed by atoms with Crippen LogP contribution in [0.25, 0.3) is 0 Å². The fourth-order valence-electron chi connectivity index (χ4n) is 4.33. The van der Waals surface area contributed by atoms with Gasteiger partial charge in [0.25, 0.3) is 0 Å². The summed E-state index contributed by atoms with van der Waals surface area (Å²) in [6.45, 7) is 1.25. The van der Waals surface area contributed by atoms with Crippen molar-refractivity contribution in [1.29, 1.82) is 0 Å².